The molecule has 1 aliphatic rings. The van der Waals surface area contributed by atoms with Gasteiger partial charge in [-0.3, -0.25) is 4.79 Å². The van der Waals surface area contributed by atoms with Crippen molar-refractivity contribution < 1.29 is 4.79 Å². The fourth-order valence-corrected chi connectivity index (χ4v) is 2.69. The maximum atomic E-state index is 12.0. The Morgan fingerprint density at radius 3 is 2.67 bits per heavy atom. The molecular weight excluding hydrogens is 262 g/mol. The molecule has 1 fully saturated rings. The Labute approximate surface area is 126 Å². The summed E-state index contributed by atoms with van der Waals surface area (Å²) in [5.74, 6) is -0.748. The van der Waals surface area contributed by atoms with Crippen LogP contribution >= 0.6 is 0 Å². The molecular formula is C17H23N3O. The lowest BCUT2D eigenvalue weighted by Crippen LogP contribution is -2.33. The maximum Gasteiger partial charge on any atom is 0.237 e. The first-order valence-corrected chi connectivity index (χ1v) is 7.73. The molecule has 2 rings (SSSR count). The molecule has 0 bridgehead atoms. The van der Waals surface area contributed by atoms with E-state index in [1.807, 2.05) is 30.3 Å². The van der Waals surface area contributed by atoms with E-state index in [1.54, 1.807) is 0 Å². The molecule has 4 nitrogen and oxygen atoms in total. The van der Waals surface area contributed by atoms with Crippen LogP contribution in [0.1, 0.15) is 24.8 Å². The topological polar surface area (TPSA) is 56.1 Å². The molecule has 112 valence electrons. The van der Waals surface area contributed by atoms with Crippen molar-refractivity contribution in [1.82, 2.24) is 10.2 Å². The summed E-state index contributed by atoms with van der Waals surface area (Å²) < 4.78 is 0. The van der Waals surface area contributed by atoms with E-state index in [4.69, 9.17) is 5.26 Å². The van der Waals surface area contributed by atoms with E-state index in [2.05, 4.69) is 16.3 Å². The summed E-state index contributed by atoms with van der Waals surface area (Å²) in [5, 5.41) is 12.1. The van der Waals surface area contributed by atoms with Crippen LogP contribution in [0, 0.1) is 17.2 Å². The number of amides is 1. The second-order valence-corrected chi connectivity index (χ2v) is 5.56. The predicted octanol–water partition coefficient (Wildman–Crippen LogP) is 1.97. The number of hydrogen-bond acceptors (Lipinski definition) is 3. The lowest BCUT2D eigenvalue weighted by Gasteiger charge is -2.15. The Bertz CT molecular complexity index is 475. The minimum Gasteiger partial charge on any atom is -0.355 e. The van der Waals surface area contributed by atoms with Crippen LogP contribution in [0.5, 0.6) is 0 Å². The van der Waals surface area contributed by atoms with Crippen molar-refractivity contribution in [1.29, 1.82) is 5.26 Å². The third-order valence-electron chi connectivity index (χ3n) is 3.90. The Morgan fingerprint density at radius 1 is 1.29 bits per heavy atom. The van der Waals surface area contributed by atoms with Gasteiger partial charge in [0.25, 0.3) is 0 Å². The summed E-state index contributed by atoms with van der Waals surface area (Å²) in [6.07, 6.45) is 4.02. The number of nitriles is 1. The zero-order valence-electron chi connectivity index (χ0n) is 12.4. The van der Waals surface area contributed by atoms with Crippen LogP contribution in [0.15, 0.2) is 30.3 Å². The molecule has 0 spiro atoms. The number of nitrogens with zero attached hydrogens (tertiary/aromatic N) is 2. The van der Waals surface area contributed by atoms with E-state index in [1.165, 1.54) is 25.9 Å². The van der Waals surface area contributed by atoms with Gasteiger partial charge in [-0.1, -0.05) is 30.3 Å². The fourth-order valence-electron chi connectivity index (χ4n) is 2.69. The standard InChI is InChI=1S/C17H23N3O/c18-14-16(13-15-7-2-1-3-8-15)17(21)19-9-6-12-20-10-4-5-11-20/h1-3,7-8,16H,4-6,9-13H2,(H,19,21). The number of nitrogens with one attached hydrogen (secondary N) is 1. The molecule has 1 N–H and O–H groups in total. The highest BCUT2D eigenvalue weighted by molar-refractivity contribution is 5.81. The highest BCUT2D eigenvalue weighted by Gasteiger charge is 2.18. The lowest BCUT2D eigenvalue weighted by molar-refractivity contribution is -0.123. The SMILES string of the molecule is N#CC(Cc1ccccc1)C(=O)NCCCN1CCCC1. The van der Waals surface area contributed by atoms with Crippen LogP contribution in [0.25, 0.3) is 0 Å². The van der Waals surface area contributed by atoms with Crippen molar-refractivity contribution in [2.45, 2.75) is 25.7 Å². The van der Waals surface area contributed by atoms with Crippen LogP contribution in [-0.2, 0) is 11.2 Å². The Kier molecular flexibility index (Phi) is 6.23. The largest absolute Gasteiger partial charge is 0.355 e. The molecule has 0 aliphatic carbocycles. The Hall–Kier alpha value is -1.86. The number of hydrogen-bond donors (Lipinski definition) is 1. The Balaban J connectivity index is 1.69. The van der Waals surface area contributed by atoms with Crippen molar-refractivity contribution in [3.8, 4) is 6.07 Å². The minimum absolute atomic E-state index is 0.150. The Morgan fingerprint density at radius 2 is 2.00 bits per heavy atom. The van der Waals surface area contributed by atoms with Gasteiger partial charge in [-0.05, 0) is 50.9 Å². The highest BCUT2D eigenvalue weighted by atomic mass is 16.1. The quantitative estimate of drug-likeness (QED) is 0.779. The van der Waals surface area contributed by atoms with E-state index in [9.17, 15) is 4.79 Å². The molecule has 1 unspecified atom stereocenters. The summed E-state index contributed by atoms with van der Waals surface area (Å²) in [7, 11) is 0. The van der Waals surface area contributed by atoms with Gasteiger partial charge in [-0.15, -0.1) is 0 Å². The first kappa shape index (κ1) is 15.5. The molecule has 1 saturated heterocycles. The van der Waals surface area contributed by atoms with Gasteiger partial charge in [-0.2, -0.15) is 5.26 Å². The summed E-state index contributed by atoms with van der Waals surface area (Å²) >= 11 is 0. The smallest absolute Gasteiger partial charge is 0.237 e. The van der Waals surface area contributed by atoms with Gasteiger partial charge in [-0.25, -0.2) is 0 Å². The summed E-state index contributed by atoms with van der Waals surface area (Å²) in [4.78, 5) is 14.5. The van der Waals surface area contributed by atoms with Gasteiger partial charge in [0.1, 0.15) is 5.92 Å². The van der Waals surface area contributed by atoms with Crippen LogP contribution < -0.4 is 5.32 Å². The van der Waals surface area contributed by atoms with Crippen LogP contribution in [0.4, 0.5) is 0 Å². The zero-order valence-corrected chi connectivity index (χ0v) is 12.4. The van der Waals surface area contributed by atoms with Gasteiger partial charge in [0.2, 0.25) is 5.91 Å². The van der Waals surface area contributed by atoms with Gasteiger partial charge in [0.05, 0.1) is 6.07 Å². The van der Waals surface area contributed by atoms with E-state index in [0.717, 1.165) is 18.5 Å². The second kappa shape index (κ2) is 8.43. The lowest BCUT2D eigenvalue weighted by atomic mass is 10.00. The number of likely N-dealkylation sites (tertiary alicyclic amines) is 1. The predicted molar refractivity (Wildman–Crippen MR) is 82.5 cm³/mol. The number of benzene rings is 1. The normalized spacial score (nSPS) is 16.3. The molecule has 0 saturated carbocycles. The molecule has 1 heterocycles. The minimum atomic E-state index is -0.598. The molecule has 1 aliphatic heterocycles. The van der Waals surface area contributed by atoms with Gasteiger partial charge in [0.15, 0.2) is 0 Å². The molecule has 0 radical (unpaired) electrons. The summed E-state index contributed by atoms with van der Waals surface area (Å²) in [6.45, 7) is 4.06. The van der Waals surface area contributed by atoms with Gasteiger partial charge < -0.3 is 10.2 Å². The van der Waals surface area contributed by atoms with Crippen LogP contribution in [0.3, 0.4) is 0 Å². The summed E-state index contributed by atoms with van der Waals surface area (Å²) in [6, 6.07) is 11.8. The average molecular weight is 285 g/mol. The van der Waals surface area contributed by atoms with Gasteiger partial charge in [0, 0.05) is 6.54 Å². The summed E-state index contributed by atoms with van der Waals surface area (Å²) in [5.41, 5.74) is 1.02. The van der Waals surface area contributed by atoms with Crippen LogP contribution in [0.2, 0.25) is 0 Å². The molecule has 1 aromatic carbocycles. The van der Waals surface area contributed by atoms with Crippen molar-refractivity contribution in [3.05, 3.63) is 35.9 Å². The van der Waals surface area contributed by atoms with E-state index < -0.39 is 5.92 Å². The molecule has 1 amide bonds. The van der Waals surface area contributed by atoms with Gasteiger partial charge >= 0.3 is 0 Å². The molecule has 1 aromatic rings. The molecule has 0 aromatic heterocycles. The average Bonchev–Trinajstić information content (AvgIpc) is 3.03. The van der Waals surface area contributed by atoms with Crippen molar-refractivity contribution >= 4 is 5.91 Å². The molecule has 21 heavy (non-hydrogen) atoms. The fraction of sp³-hybridized carbons (Fsp3) is 0.529. The van der Waals surface area contributed by atoms with Crippen molar-refractivity contribution in [2.24, 2.45) is 5.92 Å². The van der Waals surface area contributed by atoms with E-state index in [0.29, 0.717) is 13.0 Å². The third kappa shape index (κ3) is 5.20. The zero-order chi connectivity index (χ0) is 14.9. The maximum absolute atomic E-state index is 12.0. The number of rotatable bonds is 7. The first-order chi connectivity index (χ1) is 10.3. The molecule has 4 heteroatoms. The second-order valence-electron chi connectivity index (χ2n) is 5.56. The molecule has 1 atom stereocenters. The van der Waals surface area contributed by atoms with Crippen molar-refractivity contribution in [3.63, 3.8) is 0 Å². The number of carbonyl (C=O) groups is 1. The third-order valence-corrected chi connectivity index (χ3v) is 3.90. The number of carbonyl (C=O) groups excluding carboxylic acids is 1. The van der Waals surface area contributed by atoms with Crippen molar-refractivity contribution in [2.75, 3.05) is 26.2 Å². The van der Waals surface area contributed by atoms with Crippen LogP contribution in [-0.4, -0.2) is 37.0 Å². The first-order valence-electron chi connectivity index (χ1n) is 7.73. The highest BCUT2D eigenvalue weighted by Crippen LogP contribution is 2.09. The van der Waals surface area contributed by atoms with E-state index >= 15 is 0 Å². The van der Waals surface area contributed by atoms with E-state index in [-0.39, 0.29) is 5.91 Å². The monoisotopic (exact) mass is 285 g/mol.